The van der Waals surface area contributed by atoms with Gasteiger partial charge in [-0.3, -0.25) is 0 Å². The molecule has 0 aliphatic carbocycles. The second kappa shape index (κ2) is 7.15. The van der Waals surface area contributed by atoms with Crippen LogP contribution in [0.3, 0.4) is 0 Å². The molecule has 0 aromatic carbocycles. The van der Waals surface area contributed by atoms with E-state index in [0.717, 1.165) is 6.42 Å². The Labute approximate surface area is 77.4 Å². The largest absolute Gasteiger partial charge is 0.0856 e. The Kier molecular flexibility index (Phi) is 6.84. The standard InChI is InChI=1S/C12H21/c1-5-6-9-12(4)10-7-8-11(2)3/h5,8-9H,6-7,10H2,1-4H3/b12-9+. The Morgan fingerprint density at radius 2 is 1.75 bits per heavy atom. The molecule has 0 aromatic rings. The summed E-state index contributed by atoms with van der Waals surface area (Å²) < 4.78 is 0. The maximum Gasteiger partial charge on any atom is -0.0288 e. The summed E-state index contributed by atoms with van der Waals surface area (Å²) in [5, 5.41) is 0. The topological polar surface area (TPSA) is 0 Å². The van der Waals surface area contributed by atoms with Crippen LogP contribution in [0.4, 0.5) is 0 Å². The maximum atomic E-state index is 2.30. The van der Waals surface area contributed by atoms with E-state index in [1.165, 1.54) is 24.0 Å². The van der Waals surface area contributed by atoms with Crippen molar-refractivity contribution in [2.24, 2.45) is 0 Å². The molecule has 0 aliphatic heterocycles. The van der Waals surface area contributed by atoms with Gasteiger partial charge in [0.1, 0.15) is 0 Å². The highest BCUT2D eigenvalue weighted by atomic mass is 13.9. The zero-order valence-electron chi connectivity index (χ0n) is 8.85. The van der Waals surface area contributed by atoms with Crippen LogP contribution in [0.5, 0.6) is 0 Å². The average Bonchev–Trinajstić information content (AvgIpc) is 2.00. The van der Waals surface area contributed by atoms with Gasteiger partial charge in [-0.05, 0) is 46.5 Å². The van der Waals surface area contributed by atoms with Gasteiger partial charge in [-0.15, -0.1) is 0 Å². The van der Waals surface area contributed by atoms with Crippen molar-refractivity contribution in [2.75, 3.05) is 0 Å². The second-order valence-electron chi connectivity index (χ2n) is 3.51. The molecule has 0 N–H and O–H groups in total. The molecule has 0 unspecified atom stereocenters. The van der Waals surface area contributed by atoms with Gasteiger partial charge in [0.2, 0.25) is 0 Å². The number of hydrogen-bond acceptors (Lipinski definition) is 0. The molecule has 0 saturated heterocycles. The van der Waals surface area contributed by atoms with Crippen LogP contribution < -0.4 is 0 Å². The van der Waals surface area contributed by atoms with E-state index in [-0.39, 0.29) is 0 Å². The van der Waals surface area contributed by atoms with Gasteiger partial charge in [-0.2, -0.15) is 0 Å². The fourth-order valence-electron chi connectivity index (χ4n) is 1.01. The van der Waals surface area contributed by atoms with Gasteiger partial charge < -0.3 is 0 Å². The molecule has 0 bridgehead atoms. The van der Waals surface area contributed by atoms with Gasteiger partial charge in [-0.25, -0.2) is 0 Å². The van der Waals surface area contributed by atoms with Gasteiger partial charge in [0.05, 0.1) is 0 Å². The number of allylic oxidation sites excluding steroid dienone is 4. The molecule has 0 atom stereocenters. The molecule has 69 valence electrons. The maximum absolute atomic E-state index is 2.30. The quantitative estimate of drug-likeness (QED) is 0.533. The summed E-state index contributed by atoms with van der Waals surface area (Å²) >= 11 is 0. The van der Waals surface area contributed by atoms with Crippen LogP contribution in [0.1, 0.15) is 47.0 Å². The number of rotatable bonds is 5. The summed E-state index contributed by atoms with van der Waals surface area (Å²) in [4.78, 5) is 0. The minimum Gasteiger partial charge on any atom is -0.0856 e. The summed E-state index contributed by atoms with van der Waals surface area (Å²) in [5.74, 6) is 0. The van der Waals surface area contributed by atoms with Gasteiger partial charge in [0.15, 0.2) is 0 Å². The smallest absolute Gasteiger partial charge is 0.0288 e. The molecule has 0 heteroatoms. The Morgan fingerprint density at radius 3 is 2.25 bits per heavy atom. The molecule has 1 radical (unpaired) electrons. The lowest BCUT2D eigenvalue weighted by Crippen LogP contribution is -1.77. The summed E-state index contributed by atoms with van der Waals surface area (Å²) in [6, 6.07) is 0. The molecule has 0 spiro atoms. The van der Waals surface area contributed by atoms with Crippen molar-refractivity contribution in [3.8, 4) is 0 Å². The van der Waals surface area contributed by atoms with Crippen molar-refractivity contribution in [1.82, 2.24) is 0 Å². The zero-order chi connectivity index (χ0) is 9.40. The van der Waals surface area contributed by atoms with Crippen molar-refractivity contribution in [3.05, 3.63) is 29.7 Å². The third kappa shape index (κ3) is 7.59. The van der Waals surface area contributed by atoms with E-state index in [1.807, 2.05) is 0 Å². The molecule has 0 rings (SSSR count). The van der Waals surface area contributed by atoms with Crippen molar-refractivity contribution in [3.63, 3.8) is 0 Å². The summed E-state index contributed by atoms with van der Waals surface area (Å²) in [6.07, 6.45) is 10.3. The van der Waals surface area contributed by atoms with Gasteiger partial charge in [-0.1, -0.05) is 30.2 Å². The monoisotopic (exact) mass is 165 g/mol. The lowest BCUT2D eigenvalue weighted by molar-refractivity contribution is 0.953. The molecule has 0 fully saturated rings. The van der Waals surface area contributed by atoms with Gasteiger partial charge in [0.25, 0.3) is 0 Å². The summed E-state index contributed by atoms with van der Waals surface area (Å²) in [6.45, 7) is 8.61. The zero-order valence-corrected chi connectivity index (χ0v) is 8.85. The molecule has 0 aromatic heterocycles. The lowest BCUT2D eigenvalue weighted by atomic mass is 10.1. The third-order valence-electron chi connectivity index (χ3n) is 1.79. The van der Waals surface area contributed by atoms with E-state index < -0.39 is 0 Å². The van der Waals surface area contributed by atoms with Gasteiger partial charge >= 0.3 is 0 Å². The van der Waals surface area contributed by atoms with Crippen LogP contribution in [0.2, 0.25) is 0 Å². The first-order chi connectivity index (χ1) is 5.66. The Balaban J connectivity index is 3.56. The van der Waals surface area contributed by atoms with E-state index in [0.29, 0.717) is 0 Å². The summed E-state index contributed by atoms with van der Waals surface area (Å²) in [7, 11) is 0. The van der Waals surface area contributed by atoms with E-state index in [1.54, 1.807) is 0 Å². The first kappa shape index (κ1) is 11.5. The Hall–Kier alpha value is -0.520. The van der Waals surface area contributed by atoms with E-state index >= 15 is 0 Å². The van der Waals surface area contributed by atoms with Crippen molar-refractivity contribution < 1.29 is 0 Å². The van der Waals surface area contributed by atoms with Crippen LogP contribution in [-0.2, 0) is 0 Å². The van der Waals surface area contributed by atoms with E-state index in [4.69, 9.17) is 0 Å². The molecule has 12 heavy (non-hydrogen) atoms. The highest BCUT2D eigenvalue weighted by Gasteiger charge is 1.87. The predicted molar refractivity (Wildman–Crippen MR) is 57.0 cm³/mol. The predicted octanol–water partition coefficient (Wildman–Crippen LogP) is 4.29. The molecule has 0 aliphatic rings. The first-order valence-corrected chi connectivity index (χ1v) is 4.73. The van der Waals surface area contributed by atoms with E-state index in [2.05, 4.69) is 46.3 Å². The average molecular weight is 165 g/mol. The SMILES string of the molecule is C[CH]C/C=C(\C)CCC=C(C)C. The minimum absolute atomic E-state index is 1.11. The molecule has 0 heterocycles. The normalized spacial score (nSPS) is 11.5. The Bertz CT molecular complexity index is 157. The minimum atomic E-state index is 1.11. The second-order valence-corrected chi connectivity index (χ2v) is 3.51. The van der Waals surface area contributed by atoms with Crippen LogP contribution in [0.25, 0.3) is 0 Å². The van der Waals surface area contributed by atoms with Crippen LogP contribution in [0.15, 0.2) is 23.3 Å². The number of hydrogen-bond donors (Lipinski definition) is 0. The van der Waals surface area contributed by atoms with Crippen molar-refractivity contribution >= 4 is 0 Å². The molecule has 0 saturated carbocycles. The van der Waals surface area contributed by atoms with Crippen LogP contribution in [0, 0.1) is 6.42 Å². The molecule has 0 nitrogen and oxygen atoms in total. The van der Waals surface area contributed by atoms with Crippen LogP contribution in [-0.4, -0.2) is 0 Å². The lowest BCUT2D eigenvalue weighted by Gasteiger charge is -1.97. The first-order valence-electron chi connectivity index (χ1n) is 4.73. The van der Waals surface area contributed by atoms with Crippen LogP contribution >= 0.6 is 0 Å². The number of unbranched alkanes of at least 4 members (excludes halogenated alkanes) is 1. The van der Waals surface area contributed by atoms with E-state index in [9.17, 15) is 0 Å². The Morgan fingerprint density at radius 1 is 1.08 bits per heavy atom. The van der Waals surface area contributed by atoms with Gasteiger partial charge in [0, 0.05) is 0 Å². The fraction of sp³-hybridized carbons (Fsp3) is 0.583. The highest BCUT2D eigenvalue weighted by Crippen LogP contribution is 2.07. The van der Waals surface area contributed by atoms with Crippen molar-refractivity contribution in [2.45, 2.75) is 47.0 Å². The molecule has 0 amide bonds. The fourth-order valence-corrected chi connectivity index (χ4v) is 1.01. The molecular formula is C12H21. The summed E-state index contributed by atoms with van der Waals surface area (Å²) in [5.41, 5.74) is 2.93. The molecular weight excluding hydrogens is 144 g/mol. The third-order valence-corrected chi connectivity index (χ3v) is 1.79. The van der Waals surface area contributed by atoms with Crippen molar-refractivity contribution in [1.29, 1.82) is 0 Å². The highest BCUT2D eigenvalue weighted by molar-refractivity contribution is 5.02.